The third-order valence-electron chi connectivity index (χ3n) is 5.49. The Balaban J connectivity index is 1.83. The van der Waals surface area contributed by atoms with Gasteiger partial charge in [0.2, 0.25) is 5.95 Å². The second-order valence-corrected chi connectivity index (χ2v) is 8.08. The number of nitrogen functional groups attached to an aromatic ring is 1. The Morgan fingerprint density at radius 3 is 2.63 bits per heavy atom. The van der Waals surface area contributed by atoms with Crippen LogP contribution in [0.4, 0.5) is 11.8 Å². The highest BCUT2D eigenvalue weighted by molar-refractivity contribution is 6.35. The van der Waals surface area contributed by atoms with Crippen molar-refractivity contribution in [2.24, 2.45) is 0 Å². The van der Waals surface area contributed by atoms with E-state index >= 15 is 0 Å². The van der Waals surface area contributed by atoms with Crippen LogP contribution in [-0.4, -0.2) is 29.7 Å². The molecular weight excluding hydrogens is 466 g/mol. The van der Waals surface area contributed by atoms with E-state index in [0.717, 1.165) is 5.56 Å². The predicted octanol–water partition coefficient (Wildman–Crippen LogP) is 3.52. The van der Waals surface area contributed by atoms with Gasteiger partial charge in [-0.3, -0.25) is 9.89 Å². The minimum atomic E-state index is -0.712. The molecule has 1 atom stereocenters. The number of nitrogens with two attached hydrogens (primary N) is 1. The molecule has 0 spiro atoms. The number of anilines is 2. The van der Waals surface area contributed by atoms with E-state index in [-0.39, 0.29) is 33.3 Å². The van der Waals surface area contributed by atoms with Crippen LogP contribution in [0.15, 0.2) is 65.6 Å². The van der Waals surface area contributed by atoms with E-state index in [1.807, 2.05) is 30.3 Å². The fourth-order valence-electron chi connectivity index (χ4n) is 3.92. The van der Waals surface area contributed by atoms with Crippen LogP contribution in [0.1, 0.15) is 28.7 Å². The first-order valence-corrected chi connectivity index (χ1v) is 10.9. The molecule has 4 N–H and O–H groups in total. The van der Waals surface area contributed by atoms with E-state index in [0.29, 0.717) is 22.9 Å². The van der Waals surface area contributed by atoms with E-state index in [2.05, 4.69) is 31.6 Å². The zero-order valence-electron chi connectivity index (χ0n) is 18.4. The Hall–Kier alpha value is -4.75. The van der Waals surface area contributed by atoms with Crippen LogP contribution in [0.5, 0.6) is 0 Å². The Morgan fingerprint density at radius 1 is 1.11 bits per heavy atom. The van der Waals surface area contributed by atoms with Crippen molar-refractivity contribution in [2.45, 2.75) is 13.0 Å². The molecule has 0 amide bonds. The van der Waals surface area contributed by atoms with E-state index in [1.54, 1.807) is 31.2 Å². The first kappa shape index (κ1) is 22.1. The number of aromatic amines is 1. The number of nitrogens with zero attached hydrogens (tertiary/aromatic N) is 6. The summed E-state index contributed by atoms with van der Waals surface area (Å²) in [7, 11) is 0. The second kappa shape index (κ2) is 8.89. The normalized spacial score (nSPS) is 11.8. The summed E-state index contributed by atoms with van der Waals surface area (Å²) in [4.78, 5) is 26.9. The summed E-state index contributed by atoms with van der Waals surface area (Å²) in [5.41, 5.74) is 7.38. The fraction of sp³-hybridized carbons (Fsp3) is 0.0833. The lowest BCUT2D eigenvalue weighted by molar-refractivity contribution is 0.745. The monoisotopic (exact) mass is 483 g/mol. The second-order valence-electron chi connectivity index (χ2n) is 7.68. The molecular formula is C24H18ClN9O. The molecule has 5 aromatic rings. The van der Waals surface area contributed by atoms with Gasteiger partial charge in [-0.2, -0.15) is 15.3 Å². The highest BCUT2D eigenvalue weighted by Gasteiger charge is 2.26. The average molecular weight is 484 g/mol. The third-order valence-corrected chi connectivity index (χ3v) is 5.81. The summed E-state index contributed by atoms with van der Waals surface area (Å²) >= 11 is 6.39. The highest BCUT2D eigenvalue weighted by Crippen LogP contribution is 2.30. The molecule has 3 aromatic heterocycles. The molecule has 10 nitrogen and oxygen atoms in total. The fourth-order valence-corrected chi connectivity index (χ4v) is 4.17. The lowest BCUT2D eigenvalue weighted by atomic mass is 10.0. The van der Waals surface area contributed by atoms with Crippen molar-refractivity contribution >= 4 is 34.3 Å². The first-order chi connectivity index (χ1) is 17.0. The van der Waals surface area contributed by atoms with Gasteiger partial charge in [0, 0.05) is 6.07 Å². The molecule has 11 heteroatoms. The number of aromatic nitrogens is 6. The van der Waals surface area contributed by atoms with Gasteiger partial charge in [-0.15, -0.1) is 0 Å². The van der Waals surface area contributed by atoms with E-state index in [9.17, 15) is 10.1 Å². The minimum absolute atomic E-state index is 0.0139. The van der Waals surface area contributed by atoms with E-state index in [1.165, 1.54) is 10.8 Å². The number of nitriles is 1. The average Bonchev–Trinajstić information content (AvgIpc) is 3.37. The van der Waals surface area contributed by atoms with Gasteiger partial charge in [-0.1, -0.05) is 48.0 Å². The zero-order chi connectivity index (χ0) is 24.5. The molecule has 5 rings (SSSR count). The van der Waals surface area contributed by atoms with Crippen LogP contribution in [0.2, 0.25) is 5.02 Å². The van der Waals surface area contributed by atoms with Crippen LogP contribution < -0.4 is 16.6 Å². The lowest BCUT2D eigenvalue weighted by Crippen LogP contribution is -2.29. The van der Waals surface area contributed by atoms with Crippen LogP contribution in [0.25, 0.3) is 16.7 Å². The molecule has 0 unspecified atom stereocenters. The Morgan fingerprint density at radius 2 is 1.91 bits per heavy atom. The maximum atomic E-state index is 13.8. The summed E-state index contributed by atoms with van der Waals surface area (Å²) in [5.74, 6) is 0.975. The third kappa shape index (κ3) is 3.94. The quantitative estimate of drug-likeness (QED) is 0.343. The molecule has 3 heterocycles. The molecule has 0 aliphatic carbocycles. The molecule has 0 aliphatic heterocycles. The molecule has 0 fully saturated rings. The predicted molar refractivity (Wildman–Crippen MR) is 132 cm³/mol. The molecule has 0 radical (unpaired) electrons. The van der Waals surface area contributed by atoms with Gasteiger partial charge in [0.05, 0.1) is 27.8 Å². The maximum absolute atomic E-state index is 13.8. The van der Waals surface area contributed by atoms with Crippen molar-refractivity contribution < 1.29 is 0 Å². The standard InChI is InChI=1S/C24H18ClN9O/c1-13-15(12-26)21(32-24(27)29-13)31-20(14-6-3-2-4-7-14)22-30-17-9-5-8-16(25)19(17)23(35)34(22)18-10-11-28-33-18/h2-11,20H,1H3,(H,28,33)(H3,27,29,31,32)/t20-/m0/s1. The van der Waals surface area contributed by atoms with Crippen molar-refractivity contribution in [2.75, 3.05) is 11.1 Å². The molecule has 0 saturated heterocycles. The summed E-state index contributed by atoms with van der Waals surface area (Å²) in [5, 5.41) is 20.4. The van der Waals surface area contributed by atoms with Gasteiger partial charge in [-0.05, 0) is 24.6 Å². The molecule has 172 valence electrons. The topological polar surface area (TPSA) is 151 Å². The summed E-state index contributed by atoms with van der Waals surface area (Å²) in [6.07, 6.45) is 1.54. The Labute approximate surface area is 204 Å². The lowest BCUT2D eigenvalue weighted by Gasteiger charge is -2.23. The van der Waals surface area contributed by atoms with Crippen molar-refractivity contribution in [3.8, 4) is 11.9 Å². The number of nitrogens with one attached hydrogen (secondary N) is 2. The van der Waals surface area contributed by atoms with Gasteiger partial charge >= 0.3 is 0 Å². The largest absolute Gasteiger partial charge is 0.368 e. The summed E-state index contributed by atoms with van der Waals surface area (Å²) in [6.45, 7) is 1.68. The van der Waals surface area contributed by atoms with Gasteiger partial charge in [-0.25, -0.2) is 14.5 Å². The van der Waals surface area contributed by atoms with E-state index in [4.69, 9.17) is 22.3 Å². The van der Waals surface area contributed by atoms with Crippen LogP contribution >= 0.6 is 11.6 Å². The van der Waals surface area contributed by atoms with Gasteiger partial charge in [0.25, 0.3) is 5.56 Å². The summed E-state index contributed by atoms with van der Waals surface area (Å²) < 4.78 is 1.41. The maximum Gasteiger partial charge on any atom is 0.268 e. The van der Waals surface area contributed by atoms with Crippen molar-refractivity contribution in [1.82, 2.24) is 29.7 Å². The first-order valence-electron chi connectivity index (χ1n) is 10.5. The number of H-pyrrole nitrogens is 1. The SMILES string of the molecule is Cc1nc(N)nc(N[C@@H](c2ccccc2)c2nc3cccc(Cl)c3c(=O)n2-c2ccn[nH]2)c1C#N. The molecule has 35 heavy (non-hydrogen) atoms. The van der Waals surface area contributed by atoms with Crippen molar-refractivity contribution in [3.05, 3.63) is 98.8 Å². The smallest absolute Gasteiger partial charge is 0.268 e. The number of aryl methyl sites for hydroxylation is 1. The zero-order valence-corrected chi connectivity index (χ0v) is 19.2. The number of benzene rings is 2. The van der Waals surface area contributed by atoms with Crippen molar-refractivity contribution in [1.29, 1.82) is 5.26 Å². The molecule has 0 aliphatic rings. The molecule has 0 bridgehead atoms. The van der Waals surface area contributed by atoms with Crippen LogP contribution in [0, 0.1) is 18.3 Å². The van der Waals surface area contributed by atoms with Crippen LogP contribution in [0.3, 0.4) is 0 Å². The number of rotatable bonds is 5. The van der Waals surface area contributed by atoms with Gasteiger partial charge in [0.1, 0.15) is 29.3 Å². The molecule has 0 saturated carbocycles. The van der Waals surface area contributed by atoms with Gasteiger partial charge in [0.15, 0.2) is 5.82 Å². The minimum Gasteiger partial charge on any atom is -0.368 e. The number of hydrogen-bond donors (Lipinski definition) is 3. The molecule has 2 aromatic carbocycles. The number of fused-ring (bicyclic) bond motifs is 1. The van der Waals surface area contributed by atoms with E-state index < -0.39 is 6.04 Å². The Kier molecular flexibility index (Phi) is 5.60. The summed E-state index contributed by atoms with van der Waals surface area (Å²) in [6, 6.07) is 17.5. The highest BCUT2D eigenvalue weighted by atomic mass is 35.5. The Bertz CT molecular complexity index is 1640. The number of hydrogen-bond acceptors (Lipinski definition) is 8. The van der Waals surface area contributed by atoms with Crippen molar-refractivity contribution in [3.63, 3.8) is 0 Å². The van der Waals surface area contributed by atoms with Crippen LogP contribution in [-0.2, 0) is 0 Å². The van der Waals surface area contributed by atoms with Gasteiger partial charge < -0.3 is 11.1 Å². The number of halogens is 1.